The number of para-hydroxylation sites is 2. The molecule has 2 aromatic rings. The minimum Gasteiger partial charge on any atom is -0.349 e. The Hall–Kier alpha value is -3.19. The molecule has 0 radical (unpaired) electrons. The van der Waals surface area contributed by atoms with Gasteiger partial charge in [-0.3, -0.25) is 14.4 Å². The molecular formula is C24H29N4O3+. The van der Waals surface area contributed by atoms with E-state index >= 15 is 0 Å². The molecule has 1 saturated carbocycles. The number of piperidine rings is 1. The van der Waals surface area contributed by atoms with Crippen LogP contribution in [0.4, 0.5) is 11.4 Å². The average molecular weight is 422 g/mol. The van der Waals surface area contributed by atoms with Crippen LogP contribution in [-0.2, 0) is 9.59 Å². The van der Waals surface area contributed by atoms with Gasteiger partial charge in [0, 0.05) is 30.5 Å². The lowest BCUT2D eigenvalue weighted by atomic mass is 9.96. The minimum absolute atomic E-state index is 0.0288. The molecule has 2 fully saturated rings. The van der Waals surface area contributed by atoms with Crippen LogP contribution in [0.15, 0.2) is 54.6 Å². The van der Waals surface area contributed by atoms with Gasteiger partial charge in [-0.15, -0.1) is 0 Å². The van der Waals surface area contributed by atoms with Crippen LogP contribution in [0.5, 0.6) is 0 Å². The summed E-state index contributed by atoms with van der Waals surface area (Å²) in [4.78, 5) is 38.7. The van der Waals surface area contributed by atoms with E-state index in [1.54, 1.807) is 18.2 Å². The van der Waals surface area contributed by atoms with Crippen molar-refractivity contribution in [3.05, 3.63) is 60.2 Å². The highest BCUT2D eigenvalue weighted by atomic mass is 16.2. The molecule has 0 unspecified atom stereocenters. The number of amides is 3. The van der Waals surface area contributed by atoms with Crippen molar-refractivity contribution in [1.82, 2.24) is 5.32 Å². The third-order valence-corrected chi connectivity index (χ3v) is 5.87. The summed E-state index contributed by atoms with van der Waals surface area (Å²) in [7, 11) is 0. The summed E-state index contributed by atoms with van der Waals surface area (Å²) >= 11 is 0. The number of nitrogens with one attached hydrogen (secondary N) is 4. The Morgan fingerprint density at radius 3 is 2.23 bits per heavy atom. The van der Waals surface area contributed by atoms with Crippen molar-refractivity contribution in [1.29, 1.82) is 0 Å². The fraction of sp³-hybridized carbons (Fsp3) is 0.375. The highest BCUT2D eigenvalue weighted by Crippen LogP contribution is 2.21. The third-order valence-electron chi connectivity index (χ3n) is 5.87. The Kier molecular flexibility index (Phi) is 6.62. The molecule has 0 spiro atoms. The first-order valence-electron chi connectivity index (χ1n) is 11.0. The van der Waals surface area contributed by atoms with Gasteiger partial charge in [-0.25, -0.2) is 0 Å². The summed E-state index contributed by atoms with van der Waals surface area (Å²) in [6.45, 7) is 1.86. The number of anilines is 2. The van der Waals surface area contributed by atoms with E-state index in [9.17, 15) is 14.4 Å². The quantitative estimate of drug-likeness (QED) is 0.545. The Bertz CT molecular complexity index is 935. The topological polar surface area (TPSA) is 91.7 Å². The number of rotatable bonds is 7. The van der Waals surface area contributed by atoms with Crippen LogP contribution in [0.25, 0.3) is 0 Å². The second-order valence-electron chi connectivity index (χ2n) is 8.40. The van der Waals surface area contributed by atoms with Crippen LogP contribution < -0.4 is 20.9 Å². The van der Waals surface area contributed by atoms with Crippen LogP contribution in [0, 0.1) is 5.92 Å². The monoisotopic (exact) mass is 421 g/mol. The molecule has 2 aromatic carbocycles. The van der Waals surface area contributed by atoms with Crippen LogP contribution >= 0.6 is 0 Å². The standard InChI is InChI=1S/C24H28N4O3/c29-22(27-21-9-5-4-8-20(21)24(31)26-19-10-11-19)16-28-14-12-17(13-15-28)23(30)25-18-6-2-1-3-7-18/h1-9,17,19H,10-16H2,(H,25,30)(H,26,31)(H,27,29)/p+1. The van der Waals surface area contributed by atoms with Gasteiger partial charge in [-0.2, -0.15) is 0 Å². The lowest BCUT2D eigenvalue weighted by Gasteiger charge is -2.28. The Labute approximate surface area is 182 Å². The molecule has 31 heavy (non-hydrogen) atoms. The Morgan fingerprint density at radius 2 is 1.52 bits per heavy atom. The molecule has 0 atom stereocenters. The predicted octanol–water partition coefficient (Wildman–Crippen LogP) is 1.45. The zero-order valence-corrected chi connectivity index (χ0v) is 17.5. The van der Waals surface area contributed by atoms with Gasteiger partial charge in [-0.1, -0.05) is 30.3 Å². The number of hydrogen-bond acceptors (Lipinski definition) is 3. The fourth-order valence-electron chi connectivity index (χ4n) is 3.93. The van der Waals surface area contributed by atoms with E-state index in [-0.39, 0.29) is 29.7 Å². The van der Waals surface area contributed by atoms with Gasteiger partial charge >= 0.3 is 0 Å². The molecule has 1 saturated heterocycles. The molecular weight excluding hydrogens is 392 g/mol. The summed E-state index contributed by atoms with van der Waals surface area (Å²) < 4.78 is 0. The molecule has 1 heterocycles. The minimum atomic E-state index is -0.143. The van der Waals surface area contributed by atoms with Gasteiger partial charge in [0.15, 0.2) is 6.54 Å². The molecule has 1 aliphatic heterocycles. The van der Waals surface area contributed by atoms with Gasteiger partial charge in [0.25, 0.3) is 11.8 Å². The van der Waals surface area contributed by atoms with Crippen molar-refractivity contribution in [3.8, 4) is 0 Å². The van der Waals surface area contributed by atoms with Crippen molar-refractivity contribution >= 4 is 29.1 Å². The summed E-state index contributed by atoms with van der Waals surface area (Å²) in [5.41, 5.74) is 1.85. The largest absolute Gasteiger partial charge is 0.349 e. The number of carbonyl (C=O) groups is 3. The highest BCUT2D eigenvalue weighted by Gasteiger charge is 2.29. The van der Waals surface area contributed by atoms with Crippen molar-refractivity contribution < 1.29 is 19.3 Å². The molecule has 3 amide bonds. The van der Waals surface area contributed by atoms with Gasteiger partial charge in [0.1, 0.15) is 0 Å². The van der Waals surface area contributed by atoms with E-state index in [4.69, 9.17) is 0 Å². The summed E-state index contributed by atoms with van der Waals surface area (Å²) in [5.74, 6) is -0.242. The maximum absolute atomic E-state index is 12.6. The number of quaternary nitrogens is 1. The first kappa shape index (κ1) is 21.1. The average Bonchev–Trinajstić information content (AvgIpc) is 3.59. The van der Waals surface area contributed by atoms with Crippen LogP contribution in [0.2, 0.25) is 0 Å². The van der Waals surface area contributed by atoms with E-state index in [0.29, 0.717) is 17.8 Å². The normalized spacial score (nSPS) is 20.5. The van der Waals surface area contributed by atoms with Gasteiger partial charge < -0.3 is 20.9 Å². The molecule has 1 aliphatic carbocycles. The van der Waals surface area contributed by atoms with Crippen LogP contribution in [0.3, 0.4) is 0 Å². The number of carbonyl (C=O) groups excluding carboxylic acids is 3. The number of hydrogen-bond donors (Lipinski definition) is 4. The number of benzene rings is 2. The van der Waals surface area contributed by atoms with E-state index in [2.05, 4.69) is 16.0 Å². The molecule has 162 valence electrons. The first-order valence-corrected chi connectivity index (χ1v) is 11.0. The lowest BCUT2D eigenvalue weighted by Crippen LogP contribution is -3.14. The van der Waals surface area contributed by atoms with Crippen LogP contribution in [0.1, 0.15) is 36.0 Å². The highest BCUT2D eigenvalue weighted by molar-refractivity contribution is 6.04. The maximum Gasteiger partial charge on any atom is 0.279 e. The Morgan fingerprint density at radius 1 is 0.839 bits per heavy atom. The molecule has 0 bridgehead atoms. The van der Waals surface area contributed by atoms with Crippen LogP contribution in [-0.4, -0.2) is 43.4 Å². The van der Waals surface area contributed by atoms with Gasteiger partial charge in [-0.05, 0) is 37.1 Å². The Balaban J connectivity index is 1.25. The molecule has 0 aromatic heterocycles. The second-order valence-corrected chi connectivity index (χ2v) is 8.40. The summed E-state index contributed by atoms with van der Waals surface area (Å²) in [5, 5.41) is 8.83. The van der Waals surface area contributed by atoms with Gasteiger partial charge in [0.05, 0.1) is 24.3 Å². The summed E-state index contributed by atoms with van der Waals surface area (Å²) in [6, 6.07) is 16.8. The van der Waals surface area contributed by atoms with Crippen molar-refractivity contribution in [2.75, 3.05) is 30.3 Å². The molecule has 4 rings (SSSR count). The summed E-state index contributed by atoms with van der Waals surface area (Å²) in [6.07, 6.45) is 3.54. The fourth-order valence-corrected chi connectivity index (χ4v) is 3.93. The van der Waals surface area contributed by atoms with E-state index in [1.165, 1.54) is 0 Å². The molecule has 7 nitrogen and oxygen atoms in total. The van der Waals surface area contributed by atoms with E-state index in [0.717, 1.165) is 49.4 Å². The van der Waals surface area contributed by atoms with Crippen molar-refractivity contribution in [2.24, 2.45) is 5.92 Å². The SMILES string of the molecule is O=C(C[NH+]1CCC(C(=O)Nc2ccccc2)CC1)Nc1ccccc1C(=O)NC1CC1. The van der Waals surface area contributed by atoms with Crippen molar-refractivity contribution in [2.45, 2.75) is 31.7 Å². The molecule has 4 N–H and O–H groups in total. The van der Waals surface area contributed by atoms with Crippen molar-refractivity contribution in [3.63, 3.8) is 0 Å². The maximum atomic E-state index is 12.6. The first-order chi connectivity index (χ1) is 15.1. The smallest absolute Gasteiger partial charge is 0.279 e. The zero-order valence-electron chi connectivity index (χ0n) is 17.5. The molecule has 7 heteroatoms. The van der Waals surface area contributed by atoms with Gasteiger partial charge in [0.2, 0.25) is 5.91 Å². The zero-order chi connectivity index (χ0) is 21.6. The lowest BCUT2D eigenvalue weighted by molar-refractivity contribution is -0.897. The number of likely N-dealkylation sites (tertiary alicyclic amines) is 1. The predicted molar refractivity (Wildman–Crippen MR) is 119 cm³/mol. The second kappa shape index (κ2) is 9.75. The van der Waals surface area contributed by atoms with E-state index in [1.807, 2.05) is 36.4 Å². The van der Waals surface area contributed by atoms with E-state index < -0.39 is 0 Å². The third kappa shape index (κ3) is 5.92. The molecule has 2 aliphatic rings.